The van der Waals surface area contributed by atoms with Gasteiger partial charge in [0.25, 0.3) is 10.1 Å². The van der Waals surface area contributed by atoms with Crippen LogP contribution in [0.3, 0.4) is 0 Å². The molecule has 0 heterocycles. The van der Waals surface area contributed by atoms with E-state index < -0.39 is 10.1 Å². The van der Waals surface area contributed by atoms with Crippen molar-refractivity contribution in [2.24, 2.45) is 0 Å². The first-order valence-corrected chi connectivity index (χ1v) is 4.07. The smallest absolute Gasteiger partial charge is 1.00 e. The summed E-state index contributed by atoms with van der Waals surface area (Å²) in [7, 11) is -4.00. The van der Waals surface area contributed by atoms with Crippen molar-refractivity contribution in [3.8, 4) is 0 Å². The first-order valence-electron chi connectivity index (χ1n) is 2.63. The second kappa shape index (κ2) is 9.58. The Bertz CT molecular complexity index is 319. The Balaban J connectivity index is -0.0000000667. The Morgan fingerprint density at radius 3 is 1.69 bits per heavy atom. The second-order valence-electron chi connectivity index (χ2n) is 1.79. The fourth-order valence-electron chi connectivity index (χ4n) is 0.592. The molecule has 0 aliphatic carbocycles. The summed E-state index contributed by atoms with van der Waals surface area (Å²) in [5.74, 6) is 0. The molecule has 1 aromatic rings. The monoisotopic (exact) mass is 256 g/mol. The summed E-state index contributed by atoms with van der Waals surface area (Å²) in [6, 6.07) is 7.42. The van der Waals surface area contributed by atoms with Gasteiger partial charge in [-0.25, -0.2) is 0 Å². The molecule has 0 spiro atoms. The molecule has 0 fully saturated rings. The molecule has 0 bridgehead atoms. The fraction of sp³-hybridized carbons (Fsp3) is 0. The van der Waals surface area contributed by atoms with Crippen molar-refractivity contribution in [1.82, 2.24) is 0 Å². The van der Waals surface area contributed by atoms with Gasteiger partial charge in [0.15, 0.2) is 0 Å². The minimum absolute atomic E-state index is 0. The van der Waals surface area contributed by atoms with E-state index in [9.17, 15) is 8.42 Å². The van der Waals surface area contributed by atoms with E-state index in [1.807, 2.05) is 0 Å². The predicted octanol–water partition coefficient (Wildman–Crippen LogP) is -5.66. The van der Waals surface area contributed by atoms with Gasteiger partial charge in [-0.3, -0.25) is 4.55 Å². The molecular formula is C6H10K2O4S. The van der Waals surface area contributed by atoms with Gasteiger partial charge in [0.2, 0.25) is 0 Å². The number of hydrogen-bond donors (Lipinski definition) is 1. The van der Waals surface area contributed by atoms with Gasteiger partial charge in [0.1, 0.15) is 0 Å². The Morgan fingerprint density at radius 1 is 1.08 bits per heavy atom. The summed E-state index contributed by atoms with van der Waals surface area (Å²) in [6.45, 7) is 0. The number of rotatable bonds is 1. The molecule has 0 amide bonds. The molecule has 0 atom stereocenters. The van der Waals surface area contributed by atoms with Crippen LogP contribution in [0.4, 0.5) is 0 Å². The third-order valence-corrected chi connectivity index (χ3v) is 1.91. The quantitative estimate of drug-likeness (QED) is 0.401. The molecule has 0 radical (unpaired) electrons. The van der Waals surface area contributed by atoms with E-state index in [1.54, 1.807) is 18.2 Å². The number of benzene rings is 1. The molecule has 0 unspecified atom stereocenters. The van der Waals surface area contributed by atoms with Gasteiger partial charge in [-0.1, -0.05) is 18.2 Å². The SMILES string of the molecule is O.O=S(=O)(O)c1ccccc1.[H-].[H-].[K+].[K+]. The molecule has 1 aromatic carbocycles. The van der Waals surface area contributed by atoms with E-state index in [0.29, 0.717) is 0 Å². The summed E-state index contributed by atoms with van der Waals surface area (Å²) in [4.78, 5) is -0.0741. The van der Waals surface area contributed by atoms with Crippen LogP contribution >= 0.6 is 0 Å². The van der Waals surface area contributed by atoms with Gasteiger partial charge in [-0.15, -0.1) is 0 Å². The van der Waals surface area contributed by atoms with Crippen LogP contribution < -0.4 is 103 Å². The Kier molecular flexibility index (Phi) is 15.3. The third kappa shape index (κ3) is 8.20. The molecular weight excluding hydrogens is 246 g/mol. The van der Waals surface area contributed by atoms with Crippen LogP contribution in [0.25, 0.3) is 0 Å². The van der Waals surface area contributed by atoms with Crippen molar-refractivity contribution in [2.45, 2.75) is 4.90 Å². The Labute approximate surface area is 165 Å². The van der Waals surface area contributed by atoms with Crippen LogP contribution in [0.5, 0.6) is 0 Å². The average molecular weight is 256 g/mol. The number of hydrogen-bond acceptors (Lipinski definition) is 2. The van der Waals surface area contributed by atoms with E-state index in [1.165, 1.54) is 12.1 Å². The largest absolute Gasteiger partial charge is 1.00 e. The van der Waals surface area contributed by atoms with Crippen molar-refractivity contribution < 1.29 is 124 Å². The zero-order chi connectivity index (χ0) is 7.61. The maximum absolute atomic E-state index is 10.4. The molecule has 0 saturated carbocycles. The van der Waals surface area contributed by atoms with E-state index in [4.69, 9.17) is 4.55 Å². The third-order valence-electron chi connectivity index (χ3n) is 1.04. The van der Waals surface area contributed by atoms with Crippen molar-refractivity contribution >= 4 is 10.1 Å². The summed E-state index contributed by atoms with van der Waals surface area (Å²) >= 11 is 0. The van der Waals surface area contributed by atoms with Crippen molar-refractivity contribution in [3.63, 3.8) is 0 Å². The average Bonchev–Trinajstić information content (AvgIpc) is 1.88. The molecule has 0 saturated heterocycles. The molecule has 4 nitrogen and oxygen atoms in total. The minimum atomic E-state index is -4.00. The van der Waals surface area contributed by atoms with Crippen LogP contribution in [-0.2, 0) is 10.1 Å². The molecule has 13 heavy (non-hydrogen) atoms. The summed E-state index contributed by atoms with van der Waals surface area (Å²) in [6.07, 6.45) is 0. The maximum Gasteiger partial charge on any atom is 1.00 e. The summed E-state index contributed by atoms with van der Waals surface area (Å²) in [5.41, 5.74) is 0. The maximum atomic E-state index is 10.4. The molecule has 7 heteroatoms. The van der Waals surface area contributed by atoms with Gasteiger partial charge >= 0.3 is 103 Å². The van der Waals surface area contributed by atoms with Crippen molar-refractivity contribution in [1.29, 1.82) is 0 Å². The molecule has 1 rings (SSSR count). The van der Waals surface area contributed by atoms with Crippen LogP contribution in [-0.4, -0.2) is 18.4 Å². The molecule has 0 aliphatic heterocycles. The normalized spacial score (nSPS) is 8.69. The van der Waals surface area contributed by atoms with Gasteiger partial charge in [0.05, 0.1) is 4.90 Å². The van der Waals surface area contributed by atoms with E-state index >= 15 is 0 Å². The second-order valence-corrected chi connectivity index (χ2v) is 3.21. The van der Waals surface area contributed by atoms with Crippen molar-refractivity contribution in [2.75, 3.05) is 0 Å². The van der Waals surface area contributed by atoms with E-state index in [-0.39, 0.29) is 116 Å². The Morgan fingerprint density at radius 2 is 1.46 bits per heavy atom. The van der Waals surface area contributed by atoms with E-state index in [0.717, 1.165) is 0 Å². The standard InChI is InChI=1S/C6H6O3S.2K.H2O.2H/c7-10(8,9)6-4-2-1-3-5-6;;;;;/h1-5H,(H,7,8,9);;;1H2;;/q;2*+1;;2*-1. The van der Waals surface area contributed by atoms with Crippen LogP contribution in [0.15, 0.2) is 35.2 Å². The van der Waals surface area contributed by atoms with Crippen LogP contribution in [0.1, 0.15) is 2.85 Å². The summed E-state index contributed by atoms with van der Waals surface area (Å²) in [5, 5.41) is 0. The molecule has 0 aliphatic rings. The molecule has 66 valence electrons. The zero-order valence-corrected chi connectivity index (χ0v) is 14.6. The Hall–Kier alpha value is 2.36. The van der Waals surface area contributed by atoms with E-state index in [2.05, 4.69) is 0 Å². The van der Waals surface area contributed by atoms with Gasteiger partial charge in [0, 0.05) is 0 Å². The molecule has 0 aromatic heterocycles. The van der Waals surface area contributed by atoms with Crippen LogP contribution in [0, 0.1) is 0 Å². The zero-order valence-electron chi connectivity index (χ0n) is 9.56. The summed E-state index contributed by atoms with van der Waals surface area (Å²) < 4.78 is 29.2. The topological polar surface area (TPSA) is 85.9 Å². The van der Waals surface area contributed by atoms with Gasteiger partial charge in [-0.05, 0) is 12.1 Å². The first-order chi connectivity index (χ1) is 4.61. The fourth-order valence-corrected chi connectivity index (χ4v) is 1.09. The molecule has 3 N–H and O–H groups in total. The minimum Gasteiger partial charge on any atom is -1.00 e. The van der Waals surface area contributed by atoms with Gasteiger partial charge in [-0.2, -0.15) is 8.42 Å². The van der Waals surface area contributed by atoms with Crippen LogP contribution in [0.2, 0.25) is 0 Å². The van der Waals surface area contributed by atoms with Crippen molar-refractivity contribution in [3.05, 3.63) is 30.3 Å². The van der Waals surface area contributed by atoms with Gasteiger partial charge < -0.3 is 8.33 Å². The first kappa shape index (κ1) is 20.7. The predicted molar refractivity (Wildman–Crippen MR) is 42.1 cm³/mol.